The van der Waals surface area contributed by atoms with Gasteiger partial charge in [-0.2, -0.15) is 0 Å². The summed E-state index contributed by atoms with van der Waals surface area (Å²) in [5.74, 6) is -0.744. The van der Waals surface area contributed by atoms with Crippen LogP contribution in [0.5, 0.6) is 0 Å². The molecule has 0 heterocycles. The zero-order valence-corrected chi connectivity index (χ0v) is 16.3. The first-order valence-corrected chi connectivity index (χ1v) is 10.2. The Hall–Kier alpha value is -1.91. The van der Waals surface area contributed by atoms with Crippen molar-refractivity contribution in [3.63, 3.8) is 0 Å². The number of carboxylic acids is 1. The van der Waals surface area contributed by atoms with Crippen molar-refractivity contribution in [1.82, 2.24) is 0 Å². The third kappa shape index (κ3) is 5.83. The minimum atomic E-state index is -1.36. The summed E-state index contributed by atoms with van der Waals surface area (Å²) in [6.07, 6.45) is 1.63. The van der Waals surface area contributed by atoms with Crippen molar-refractivity contribution in [2.75, 3.05) is 6.61 Å². The van der Waals surface area contributed by atoms with Crippen LogP contribution in [-0.2, 0) is 14.6 Å². The lowest BCUT2D eigenvalue weighted by Gasteiger charge is -2.26. The Kier molecular flexibility index (Phi) is 6.97. The third-order valence-corrected chi connectivity index (χ3v) is 6.32. The topological polar surface area (TPSA) is 46.5 Å². The highest BCUT2D eigenvalue weighted by Crippen LogP contribution is 2.20. The summed E-state index contributed by atoms with van der Waals surface area (Å²) in [5, 5.41) is 11.3. The molecule has 0 aromatic heterocycles. The molecule has 4 heteroatoms. The predicted octanol–water partition coefficient (Wildman–Crippen LogP) is 3.36. The van der Waals surface area contributed by atoms with Crippen molar-refractivity contribution in [2.24, 2.45) is 0 Å². The summed E-state index contributed by atoms with van der Waals surface area (Å²) < 4.78 is 6.34. The average molecular weight is 356 g/mol. The lowest BCUT2D eigenvalue weighted by molar-refractivity contribution is -0.137. The molecule has 0 bridgehead atoms. The van der Waals surface area contributed by atoms with Crippen molar-refractivity contribution in [2.45, 2.75) is 45.4 Å². The van der Waals surface area contributed by atoms with Gasteiger partial charge in [-0.1, -0.05) is 75.4 Å². The van der Waals surface area contributed by atoms with Crippen LogP contribution in [0.4, 0.5) is 0 Å². The fourth-order valence-corrected chi connectivity index (χ4v) is 5.22. The van der Waals surface area contributed by atoms with Crippen molar-refractivity contribution < 1.29 is 14.3 Å². The molecule has 1 N–H and O–H groups in total. The number of carboxylic acid groups (broad SMARTS) is 1. The summed E-state index contributed by atoms with van der Waals surface area (Å²) in [5.41, 5.74) is 1.37. The molecule has 0 fully saturated rings. The molecule has 25 heavy (non-hydrogen) atoms. The Morgan fingerprint density at radius 2 is 1.64 bits per heavy atom. The van der Waals surface area contributed by atoms with Gasteiger partial charge >= 0.3 is 5.97 Å². The van der Waals surface area contributed by atoms with Gasteiger partial charge in [0.1, 0.15) is 0 Å². The minimum absolute atomic E-state index is 0.0496. The monoisotopic (exact) mass is 355 g/mol. The molecule has 1 radical (unpaired) electrons. The molecule has 2 aromatic carbocycles. The van der Waals surface area contributed by atoms with E-state index in [1.165, 1.54) is 15.9 Å². The average Bonchev–Trinajstić information content (AvgIpc) is 2.58. The van der Waals surface area contributed by atoms with E-state index in [0.29, 0.717) is 13.0 Å². The SMILES string of the molecule is CC(C)(C)c1ccccc1[Si](OCCCCC(=O)O)c1ccccc1. The first-order valence-electron chi connectivity index (χ1n) is 8.76. The zero-order valence-electron chi connectivity index (χ0n) is 15.3. The second-order valence-electron chi connectivity index (χ2n) is 7.19. The molecular formula is C21H27O3Si. The minimum Gasteiger partial charge on any atom is -0.481 e. The van der Waals surface area contributed by atoms with Gasteiger partial charge in [0.05, 0.1) is 0 Å². The summed E-state index contributed by atoms with van der Waals surface area (Å²) in [7, 11) is -1.36. The molecule has 2 aromatic rings. The number of hydrogen-bond donors (Lipinski definition) is 1. The lowest BCUT2D eigenvalue weighted by Crippen LogP contribution is -2.48. The van der Waals surface area contributed by atoms with Crippen molar-refractivity contribution in [3.05, 3.63) is 60.2 Å². The van der Waals surface area contributed by atoms with Gasteiger partial charge in [-0.15, -0.1) is 0 Å². The van der Waals surface area contributed by atoms with Crippen LogP contribution < -0.4 is 10.4 Å². The van der Waals surface area contributed by atoms with Gasteiger partial charge in [0, 0.05) is 13.0 Å². The zero-order chi connectivity index (χ0) is 18.3. The number of unbranched alkanes of at least 4 members (excludes halogenated alkanes) is 1. The van der Waals surface area contributed by atoms with Crippen LogP contribution in [0, 0.1) is 0 Å². The van der Waals surface area contributed by atoms with Crippen LogP contribution in [0.15, 0.2) is 54.6 Å². The van der Waals surface area contributed by atoms with Gasteiger partial charge in [0.25, 0.3) is 9.04 Å². The number of hydrogen-bond acceptors (Lipinski definition) is 2. The maximum absolute atomic E-state index is 10.7. The fourth-order valence-electron chi connectivity index (χ4n) is 2.79. The Morgan fingerprint density at radius 1 is 1.00 bits per heavy atom. The van der Waals surface area contributed by atoms with Gasteiger partial charge in [-0.25, -0.2) is 0 Å². The summed E-state index contributed by atoms with van der Waals surface area (Å²) in [4.78, 5) is 10.7. The number of rotatable bonds is 8. The maximum Gasteiger partial charge on any atom is 0.303 e. The van der Waals surface area contributed by atoms with Crippen LogP contribution in [-0.4, -0.2) is 26.7 Å². The first-order chi connectivity index (χ1) is 11.9. The van der Waals surface area contributed by atoms with E-state index in [0.717, 1.165) is 6.42 Å². The van der Waals surface area contributed by atoms with Crippen LogP contribution in [0.3, 0.4) is 0 Å². The molecule has 0 spiro atoms. The molecular weight excluding hydrogens is 328 g/mol. The molecule has 2 rings (SSSR count). The summed E-state index contributed by atoms with van der Waals surface area (Å²) in [6, 6.07) is 18.9. The van der Waals surface area contributed by atoms with Crippen LogP contribution in [0.1, 0.15) is 45.6 Å². The van der Waals surface area contributed by atoms with Gasteiger partial charge in [-0.05, 0) is 34.2 Å². The highest BCUT2D eigenvalue weighted by atomic mass is 28.3. The van der Waals surface area contributed by atoms with Gasteiger partial charge in [0.15, 0.2) is 0 Å². The second-order valence-corrected chi connectivity index (χ2v) is 9.25. The highest BCUT2D eigenvalue weighted by molar-refractivity contribution is 6.80. The number of aliphatic carboxylic acids is 1. The molecule has 3 nitrogen and oxygen atoms in total. The van der Waals surface area contributed by atoms with E-state index in [9.17, 15) is 4.79 Å². The van der Waals surface area contributed by atoms with Crippen LogP contribution in [0.2, 0.25) is 0 Å². The molecule has 0 unspecified atom stereocenters. The van der Waals surface area contributed by atoms with Gasteiger partial charge in [0.2, 0.25) is 0 Å². The number of benzene rings is 2. The van der Waals surface area contributed by atoms with Crippen molar-refractivity contribution in [1.29, 1.82) is 0 Å². The highest BCUT2D eigenvalue weighted by Gasteiger charge is 2.26. The predicted molar refractivity (Wildman–Crippen MR) is 104 cm³/mol. The normalized spacial score (nSPS) is 11.7. The van der Waals surface area contributed by atoms with Crippen LogP contribution >= 0.6 is 0 Å². The fraction of sp³-hybridized carbons (Fsp3) is 0.381. The van der Waals surface area contributed by atoms with Gasteiger partial charge < -0.3 is 9.53 Å². The second kappa shape index (κ2) is 8.97. The van der Waals surface area contributed by atoms with E-state index in [2.05, 4.69) is 57.2 Å². The van der Waals surface area contributed by atoms with E-state index in [1.54, 1.807) is 0 Å². The maximum atomic E-state index is 10.7. The van der Waals surface area contributed by atoms with Crippen molar-refractivity contribution in [3.8, 4) is 0 Å². The summed E-state index contributed by atoms with van der Waals surface area (Å²) in [6.45, 7) is 7.27. The van der Waals surface area contributed by atoms with E-state index in [-0.39, 0.29) is 11.8 Å². The number of carbonyl (C=O) groups is 1. The Balaban J connectivity index is 2.23. The molecule has 0 amide bonds. The first kappa shape index (κ1) is 19.4. The smallest absolute Gasteiger partial charge is 0.303 e. The van der Waals surface area contributed by atoms with E-state index >= 15 is 0 Å². The van der Waals surface area contributed by atoms with E-state index in [4.69, 9.17) is 9.53 Å². The van der Waals surface area contributed by atoms with E-state index < -0.39 is 15.0 Å². The quantitative estimate of drug-likeness (QED) is 0.583. The largest absolute Gasteiger partial charge is 0.481 e. The van der Waals surface area contributed by atoms with Crippen molar-refractivity contribution >= 4 is 25.4 Å². The Morgan fingerprint density at radius 3 is 2.28 bits per heavy atom. The summed E-state index contributed by atoms with van der Waals surface area (Å²) >= 11 is 0. The molecule has 0 saturated carbocycles. The molecule has 133 valence electrons. The van der Waals surface area contributed by atoms with E-state index in [1.807, 2.05) is 18.2 Å². The molecule has 0 aliphatic carbocycles. The Labute approximate surface area is 152 Å². The molecule has 0 atom stereocenters. The molecule has 0 aliphatic heterocycles. The lowest BCUT2D eigenvalue weighted by atomic mass is 9.87. The van der Waals surface area contributed by atoms with Crippen LogP contribution in [0.25, 0.3) is 0 Å². The Bertz CT molecular complexity index is 677. The molecule has 0 saturated heterocycles. The standard InChI is InChI=1S/C21H27O3Si/c1-21(2,3)18-13-7-8-14-19(18)25(17-11-5-4-6-12-17)24-16-10-9-15-20(22)23/h4-8,11-14H,9-10,15-16H2,1-3H3,(H,22,23). The molecule has 0 aliphatic rings. The van der Waals surface area contributed by atoms with Gasteiger partial charge in [-0.3, -0.25) is 4.79 Å². The third-order valence-electron chi connectivity index (χ3n) is 4.05.